The molecule has 2 aliphatic rings. The number of carboxylic acid groups (broad SMARTS) is 1. The minimum atomic E-state index is -0.774. The van der Waals surface area contributed by atoms with Gasteiger partial charge in [-0.3, -0.25) is 19.2 Å². The van der Waals surface area contributed by atoms with Crippen molar-refractivity contribution in [1.29, 1.82) is 0 Å². The summed E-state index contributed by atoms with van der Waals surface area (Å²) in [5.74, 6) is 1.73. The lowest BCUT2D eigenvalue weighted by Crippen LogP contribution is -2.42. The van der Waals surface area contributed by atoms with E-state index in [2.05, 4.69) is 47.2 Å². The summed E-state index contributed by atoms with van der Waals surface area (Å²) < 4.78 is 13.9. The molecular formula is C49H69N7O5. The molecule has 61 heavy (non-hydrogen) atoms. The van der Waals surface area contributed by atoms with E-state index in [1.54, 1.807) is 13.3 Å². The van der Waals surface area contributed by atoms with Crippen molar-refractivity contribution < 1.29 is 24.2 Å². The van der Waals surface area contributed by atoms with Crippen molar-refractivity contribution in [3.8, 4) is 11.6 Å². The molecule has 0 spiro atoms. The van der Waals surface area contributed by atoms with Gasteiger partial charge in [0, 0.05) is 56.4 Å². The van der Waals surface area contributed by atoms with Gasteiger partial charge in [0.1, 0.15) is 11.6 Å². The molecule has 0 unspecified atom stereocenters. The molecule has 4 aromatic rings. The number of piperidine rings is 1. The van der Waals surface area contributed by atoms with E-state index >= 15 is 0 Å². The fraction of sp³-hybridized carbons (Fsp3) is 0.592. The lowest BCUT2D eigenvalue weighted by Gasteiger charge is -2.36. The van der Waals surface area contributed by atoms with Gasteiger partial charge < -0.3 is 19.5 Å². The second-order valence-corrected chi connectivity index (χ2v) is 18.2. The lowest BCUT2D eigenvalue weighted by molar-refractivity contribution is -0.137. The van der Waals surface area contributed by atoms with Gasteiger partial charge in [0.25, 0.3) is 5.91 Å². The predicted molar refractivity (Wildman–Crippen MR) is 241 cm³/mol. The molecule has 1 amide bonds. The number of hydrogen-bond donors (Lipinski definition) is 1. The summed E-state index contributed by atoms with van der Waals surface area (Å²) in [5.41, 5.74) is 4.09. The molecule has 12 heteroatoms. The summed E-state index contributed by atoms with van der Waals surface area (Å²) in [5, 5.41) is 18.4. The Hall–Kier alpha value is -5.00. The summed E-state index contributed by atoms with van der Waals surface area (Å²) >= 11 is 0. The van der Waals surface area contributed by atoms with Crippen molar-refractivity contribution in [1.82, 2.24) is 25.0 Å². The van der Waals surface area contributed by atoms with Crippen LogP contribution in [0.15, 0.2) is 60.9 Å². The summed E-state index contributed by atoms with van der Waals surface area (Å²) in [6.07, 6.45) is 19.9. The van der Waals surface area contributed by atoms with Crippen LogP contribution in [0.1, 0.15) is 144 Å². The number of rotatable bonds is 25. The molecule has 3 aromatic heterocycles. The predicted octanol–water partition coefficient (Wildman–Crippen LogP) is 10.1. The Morgan fingerprint density at radius 3 is 2.43 bits per heavy atom. The van der Waals surface area contributed by atoms with Crippen molar-refractivity contribution in [3.63, 3.8) is 0 Å². The molecular weight excluding hydrogens is 767 g/mol. The number of aliphatic carboxylic acids is 1. The molecule has 0 bridgehead atoms. The van der Waals surface area contributed by atoms with Crippen LogP contribution in [0.25, 0.3) is 0 Å². The number of carboxylic acids is 1. The highest BCUT2D eigenvalue weighted by atomic mass is 16.5. The van der Waals surface area contributed by atoms with E-state index in [9.17, 15) is 14.7 Å². The van der Waals surface area contributed by atoms with E-state index in [1.165, 1.54) is 44.9 Å². The fourth-order valence-corrected chi connectivity index (χ4v) is 8.61. The summed E-state index contributed by atoms with van der Waals surface area (Å²) in [7, 11) is 1.65. The van der Waals surface area contributed by atoms with E-state index in [0.717, 1.165) is 80.7 Å². The minimum Gasteiger partial charge on any atom is -0.497 e. The number of aryl methyl sites for hydroxylation is 3. The highest BCUT2D eigenvalue weighted by Gasteiger charge is 2.35. The van der Waals surface area contributed by atoms with Crippen LogP contribution in [-0.4, -0.2) is 75.3 Å². The van der Waals surface area contributed by atoms with Crippen molar-refractivity contribution in [2.24, 2.45) is 17.3 Å². The van der Waals surface area contributed by atoms with Gasteiger partial charge in [-0.2, -0.15) is 0 Å². The van der Waals surface area contributed by atoms with Crippen LogP contribution in [-0.2, 0) is 17.8 Å². The van der Waals surface area contributed by atoms with Gasteiger partial charge in [0.15, 0.2) is 0 Å². The van der Waals surface area contributed by atoms with Crippen LogP contribution in [0.3, 0.4) is 0 Å². The quantitative estimate of drug-likeness (QED) is 0.0643. The molecule has 1 atom stereocenters. The zero-order valence-electron chi connectivity index (χ0n) is 37.4. The maximum Gasteiger partial charge on any atom is 0.303 e. The average Bonchev–Trinajstić information content (AvgIpc) is 4.01. The summed E-state index contributed by atoms with van der Waals surface area (Å²) in [6.45, 7) is 11.8. The van der Waals surface area contributed by atoms with Gasteiger partial charge in [-0.05, 0) is 111 Å². The second kappa shape index (κ2) is 22.2. The third-order valence-corrected chi connectivity index (χ3v) is 12.5. The smallest absolute Gasteiger partial charge is 0.303 e. The first-order valence-corrected chi connectivity index (χ1v) is 22.9. The Morgan fingerprint density at radius 2 is 1.72 bits per heavy atom. The number of carbonyl (C=O) groups is 2. The number of methoxy groups -OCH3 is 1. The zero-order valence-corrected chi connectivity index (χ0v) is 37.4. The highest BCUT2D eigenvalue weighted by molar-refractivity contribution is 6.09. The first-order valence-electron chi connectivity index (χ1n) is 22.9. The average molecular weight is 836 g/mol. The van der Waals surface area contributed by atoms with Gasteiger partial charge in [0.05, 0.1) is 37.1 Å². The number of pyridine rings is 2. The van der Waals surface area contributed by atoms with Crippen LogP contribution < -0.4 is 19.3 Å². The van der Waals surface area contributed by atoms with E-state index < -0.39 is 5.97 Å². The molecule has 0 radical (unpaired) electrons. The maximum absolute atomic E-state index is 14.9. The second-order valence-electron chi connectivity index (χ2n) is 18.2. The highest BCUT2D eigenvalue weighted by Crippen LogP contribution is 2.45. The first kappa shape index (κ1) is 45.5. The molecule has 1 aliphatic heterocycles. The number of nitrogens with zero attached hydrogens (tertiary/aromatic N) is 7. The molecule has 1 N–H and O–H groups in total. The van der Waals surface area contributed by atoms with Crippen LogP contribution in [0, 0.1) is 24.2 Å². The number of unbranched alkanes of at least 4 members (excludes halogenated alkanes) is 7. The Bertz CT molecular complexity index is 2000. The van der Waals surface area contributed by atoms with Crippen molar-refractivity contribution in [2.75, 3.05) is 43.2 Å². The van der Waals surface area contributed by atoms with Crippen molar-refractivity contribution in [3.05, 3.63) is 83.4 Å². The molecule has 1 saturated heterocycles. The zero-order chi connectivity index (χ0) is 43.2. The van der Waals surface area contributed by atoms with E-state index in [4.69, 9.17) is 14.5 Å². The Kier molecular flexibility index (Phi) is 16.6. The monoisotopic (exact) mass is 836 g/mol. The van der Waals surface area contributed by atoms with Crippen LogP contribution in [0.4, 0.5) is 11.5 Å². The van der Waals surface area contributed by atoms with Gasteiger partial charge in [-0.25, -0.2) is 9.97 Å². The fourth-order valence-electron chi connectivity index (χ4n) is 8.61. The van der Waals surface area contributed by atoms with Gasteiger partial charge in [-0.1, -0.05) is 77.0 Å². The molecule has 1 aromatic carbocycles. The largest absolute Gasteiger partial charge is 0.497 e. The lowest BCUT2D eigenvalue weighted by atomic mass is 9.88. The van der Waals surface area contributed by atoms with Crippen LogP contribution in [0.2, 0.25) is 0 Å². The first-order chi connectivity index (χ1) is 29.5. The minimum absolute atomic E-state index is 0.00298. The Balaban J connectivity index is 1.08. The van der Waals surface area contributed by atoms with Crippen molar-refractivity contribution >= 4 is 23.4 Å². The number of ether oxygens (including phenoxy) is 2. The topological polar surface area (TPSA) is 136 Å². The third kappa shape index (κ3) is 13.8. The third-order valence-electron chi connectivity index (χ3n) is 12.5. The van der Waals surface area contributed by atoms with E-state index in [1.807, 2.05) is 65.0 Å². The number of aromatic nitrogens is 5. The van der Waals surface area contributed by atoms with Gasteiger partial charge >= 0.3 is 5.97 Å². The number of amides is 1. The number of carbonyl (C=O) groups excluding carboxylic acids is 1. The summed E-state index contributed by atoms with van der Waals surface area (Å²) in [6, 6.07) is 15.4. The molecule has 1 aliphatic carbocycles. The van der Waals surface area contributed by atoms with E-state index in [-0.39, 0.29) is 23.7 Å². The number of hydrogen-bond acceptors (Lipinski definition) is 9. The Morgan fingerprint density at radius 1 is 0.967 bits per heavy atom. The molecule has 1 saturated carbocycles. The van der Waals surface area contributed by atoms with Crippen molar-refractivity contribution in [2.45, 2.75) is 136 Å². The van der Waals surface area contributed by atoms with E-state index in [0.29, 0.717) is 54.5 Å². The molecule has 2 fully saturated rings. The normalized spacial score (nSPS) is 15.1. The number of anilines is 2. The van der Waals surface area contributed by atoms with Crippen LogP contribution >= 0.6 is 0 Å². The molecule has 4 heterocycles. The van der Waals surface area contributed by atoms with Crippen LogP contribution in [0.5, 0.6) is 11.6 Å². The standard InChI is InChI=1S/C49H69N7O5/c1-6-7-8-9-10-11-12-13-16-40-33-55(53-52-40)29-25-49(3,4)35-56(45-17-14-15-36(2)51-45)48(59)42-21-20-41(60-5)31-44(42)54-27-23-37(24-28-54)34-61-46-30-39(22-26-50-46)43(32-47(57)58)38-18-19-38/h14-15,17,20-22,26,30-31,33,37-38,43H,6-13,16,18-19,23-25,27-29,32,34-35H2,1-5H3,(H,57,58)/t43-/m0/s1. The van der Waals surface area contributed by atoms with Gasteiger partial charge in [0.2, 0.25) is 5.88 Å². The molecule has 6 rings (SSSR count). The maximum atomic E-state index is 14.9. The molecule has 12 nitrogen and oxygen atoms in total. The molecule has 330 valence electrons. The van der Waals surface area contributed by atoms with Gasteiger partial charge in [-0.15, -0.1) is 5.10 Å². The summed E-state index contributed by atoms with van der Waals surface area (Å²) in [4.78, 5) is 39.9. The SMILES string of the molecule is CCCCCCCCCCc1cn(CCC(C)(C)CN(C(=O)c2ccc(OC)cc2N2CCC(COc3cc([C@@H](CC(=O)O)C4CC4)ccn3)CC2)c2cccc(C)n2)nn1. The number of benzene rings is 1. The Labute approximate surface area is 363 Å².